The lowest BCUT2D eigenvalue weighted by Crippen LogP contribution is -2.01. The molecular weight excluding hydrogens is 411 g/mol. The van der Waals surface area contributed by atoms with E-state index in [-0.39, 0.29) is 16.5 Å². The lowest BCUT2D eigenvalue weighted by atomic mass is 10.2. The molecule has 0 aliphatic rings. The molecule has 2 aromatic heterocycles. The quantitative estimate of drug-likeness (QED) is 0.455. The fraction of sp³-hybridized carbons (Fsp3) is 0.0952. The molecule has 2 aromatic carbocycles. The molecule has 0 saturated carbocycles. The van der Waals surface area contributed by atoms with E-state index in [4.69, 9.17) is 21.1 Å². The van der Waals surface area contributed by atoms with Crippen LogP contribution in [0.25, 0.3) is 10.9 Å². The van der Waals surface area contributed by atoms with Crippen LogP contribution in [0.5, 0.6) is 17.2 Å². The summed E-state index contributed by atoms with van der Waals surface area (Å²) in [7, 11) is 1.52. The highest BCUT2D eigenvalue weighted by molar-refractivity contribution is 6.32. The number of rotatable bonds is 6. The van der Waals surface area contributed by atoms with Gasteiger partial charge in [-0.1, -0.05) is 11.6 Å². The van der Waals surface area contributed by atoms with Crippen molar-refractivity contribution in [3.63, 3.8) is 0 Å². The number of halogens is 2. The van der Waals surface area contributed by atoms with E-state index in [9.17, 15) is 9.50 Å². The molecule has 0 spiro atoms. The minimum Gasteiger partial charge on any atom is -0.506 e. The Morgan fingerprint density at radius 1 is 1.10 bits per heavy atom. The molecular formula is C21H16ClFN4O3. The molecule has 0 radical (unpaired) electrons. The number of phenolic OH excluding ortho intramolecular Hbond substituents is 1. The molecule has 0 fully saturated rings. The number of hydrogen-bond donors (Lipinski definition) is 2. The van der Waals surface area contributed by atoms with Crippen LogP contribution in [0.3, 0.4) is 0 Å². The Bertz CT molecular complexity index is 1210. The molecule has 0 amide bonds. The van der Waals surface area contributed by atoms with E-state index in [2.05, 4.69) is 20.3 Å². The van der Waals surface area contributed by atoms with E-state index in [1.165, 1.54) is 19.5 Å². The molecule has 2 heterocycles. The van der Waals surface area contributed by atoms with Crippen LogP contribution in [0.2, 0.25) is 5.02 Å². The molecule has 2 N–H and O–H groups in total. The highest BCUT2D eigenvalue weighted by Gasteiger charge is 2.14. The number of fused-ring (bicyclic) bond motifs is 1. The van der Waals surface area contributed by atoms with Crippen LogP contribution in [0, 0.1) is 5.82 Å². The number of pyridine rings is 1. The fourth-order valence-electron chi connectivity index (χ4n) is 2.84. The lowest BCUT2D eigenvalue weighted by molar-refractivity contribution is 0.285. The number of nitrogens with zero attached hydrogens (tertiary/aromatic N) is 3. The van der Waals surface area contributed by atoms with Gasteiger partial charge in [0, 0.05) is 29.9 Å². The summed E-state index contributed by atoms with van der Waals surface area (Å²) < 4.78 is 25.6. The van der Waals surface area contributed by atoms with Gasteiger partial charge in [0.25, 0.3) is 0 Å². The minimum absolute atomic E-state index is 0.0221. The van der Waals surface area contributed by atoms with Crippen molar-refractivity contribution < 1.29 is 19.0 Å². The number of nitrogens with one attached hydrogen (secondary N) is 1. The van der Waals surface area contributed by atoms with Crippen molar-refractivity contribution in [3.8, 4) is 17.2 Å². The largest absolute Gasteiger partial charge is 0.506 e. The molecule has 30 heavy (non-hydrogen) atoms. The zero-order valence-electron chi connectivity index (χ0n) is 15.8. The highest BCUT2D eigenvalue weighted by Crippen LogP contribution is 2.36. The van der Waals surface area contributed by atoms with Gasteiger partial charge in [-0.05, 0) is 29.8 Å². The second kappa shape index (κ2) is 8.38. The standard InChI is InChI=1S/C21H16ClFN4O3/c1-29-19-6-13-16(9-20(19)30-10-12-2-4-24-5-3-12)25-11-26-21(13)27-17-8-18(28)14(22)7-15(17)23/h2-9,11,28H,10H2,1H3,(H,25,26,27). The van der Waals surface area contributed by atoms with Crippen LogP contribution in [-0.4, -0.2) is 27.2 Å². The number of aromatic nitrogens is 3. The Balaban J connectivity index is 1.68. The van der Waals surface area contributed by atoms with Gasteiger partial charge in [0.2, 0.25) is 0 Å². The Morgan fingerprint density at radius 3 is 2.67 bits per heavy atom. The minimum atomic E-state index is -0.631. The van der Waals surface area contributed by atoms with Crippen LogP contribution in [0.1, 0.15) is 5.56 Å². The average Bonchev–Trinajstić information content (AvgIpc) is 2.76. The van der Waals surface area contributed by atoms with Gasteiger partial charge in [-0.2, -0.15) is 0 Å². The van der Waals surface area contributed by atoms with Crippen molar-refractivity contribution in [3.05, 3.63) is 71.5 Å². The fourth-order valence-corrected chi connectivity index (χ4v) is 2.99. The Hall–Kier alpha value is -3.65. The van der Waals surface area contributed by atoms with Crippen molar-refractivity contribution in [1.82, 2.24) is 15.0 Å². The maximum atomic E-state index is 14.2. The second-order valence-corrected chi connectivity index (χ2v) is 6.70. The third-order valence-corrected chi connectivity index (χ3v) is 4.66. The molecule has 0 aliphatic heterocycles. The molecule has 0 bridgehead atoms. The zero-order chi connectivity index (χ0) is 21.1. The number of aromatic hydroxyl groups is 1. The first kappa shape index (κ1) is 19.7. The van der Waals surface area contributed by atoms with E-state index in [1.54, 1.807) is 24.5 Å². The molecule has 0 atom stereocenters. The van der Waals surface area contributed by atoms with Crippen LogP contribution in [0.15, 0.2) is 55.1 Å². The molecule has 152 valence electrons. The Kier molecular flexibility index (Phi) is 5.49. The predicted molar refractivity (Wildman–Crippen MR) is 111 cm³/mol. The summed E-state index contributed by atoms with van der Waals surface area (Å²) in [6.07, 6.45) is 4.72. The van der Waals surface area contributed by atoms with Crippen LogP contribution in [-0.2, 0) is 6.61 Å². The van der Waals surface area contributed by atoms with Gasteiger partial charge in [0.15, 0.2) is 11.5 Å². The van der Waals surface area contributed by atoms with E-state index < -0.39 is 5.82 Å². The van der Waals surface area contributed by atoms with Gasteiger partial charge < -0.3 is 19.9 Å². The summed E-state index contributed by atoms with van der Waals surface area (Å²) in [6.45, 7) is 0.329. The van der Waals surface area contributed by atoms with Crippen LogP contribution >= 0.6 is 11.6 Å². The number of anilines is 2. The zero-order valence-corrected chi connectivity index (χ0v) is 16.5. The maximum absolute atomic E-state index is 14.2. The molecule has 0 saturated heterocycles. The summed E-state index contributed by atoms with van der Waals surface area (Å²) in [5.41, 5.74) is 1.54. The van der Waals surface area contributed by atoms with Gasteiger partial charge in [-0.3, -0.25) is 4.98 Å². The lowest BCUT2D eigenvalue weighted by Gasteiger charge is -2.14. The molecule has 4 aromatic rings. The van der Waals surface area contributed by atoms with E-state index in [0.29, 0.717) is 34.8 Å². The van der Waals surface area contributed by atoms with Crippen molar-refractivity contribution in [2.24, 2.45) is 0 Å². The van der Waals surface area contributed by atoms with Gasteiger partial charge in [0.1, 0.15) is 30.3 Å². The molecule has 4 rings (SSSR count). The topological polar surface area (TPSA) is 89.4 Å². The third kappa shape index (κ3) is 4.04. The van der Waals surface area contributed by atoms with Gasteiger partial charge in [0.05, 0.1) is 23.3 Å². The summed E-state index contributed by atoms with van der Waals surface area (Å²) in [4.78, 5) is 12.4. The average molecular weight is 427 g/mol. The summed E-state index contributed by atoms with van der Waals surface area (Å²) >= 11 is 5.74. The number of methoxy groups -OCH3 is 1. The SMILES string of the molecule is COc1cc2c(Nc3cc(O)c(Cl)cc3F)ncnc2cc1OCc1ccncc1. The summed E-state index contributed by atoms with van der Waals surface area (Å²) in [6, 6.07) is 9.34. The van der Waals surface area contributed by atoms with Crippen molar-refractivity contribution in [2.45, 2.75) is 6.61 Å². The van der Waals surface area contributed by atoms with Crippen molar-refractivity contribution in [1.29, 1.82) is 0 Å². The first-order valence-corrected chi connectivity index (χ1v) is 9.22. The summed E-state index contributed by atoms with van der Waals surface area (Å²) in [5, 5.41) is 13.1. The normalized spacial score (nSPS) is 10.8. The van der Waals surface area contributed by atoms with E-state index in [0.717, 1.165) is 11.6 Å². The van der Waals surface area contributed by atoms with Gasteiger partial charge >= 0.3 is 0 Å². The van der Waals surface area contributed by atoms with Gasteiger partial charge in [-0.25, -0.2) is 14.4 Å². The van der Waals surface area contributed by atoms with E-state index >= 15 is 0 Å². The molecule has 0 unspecified atom stereocenters. The smallest absolute Gasteiger partial charge is 0.163 e. The first-order chi connectivity index (χ1) is 14.5. The van der Waals surface area contributed by atoms with Crippen molar-refractivity contribution in [2.75, 3.05) is 12.4 Å². The van der Waals surface area contributed by atoms with E-state index in [1.807, 2.05) is 12.1 Å². The second-order valence-electron chi connectivity index (χ2n) is 6.30. The Morgan fingerprint density at radius 2 is 1.90 bits per heavy atom. The summed E-state index contributed by atoms with van der Waals surface area (Å²) in [5.74, 6) is 0.423. The van der Waals surface area contributed by atoms with Crippen molar-refractivity contribution >= 4 is 34.0 Å². The molecule has 7 nitrogen and oxygen atoms in total. The molecule has 0 aliphatic carbocycles. The van der Waals surface area contributed by atoms with Crippen LogP contribution < -0.4 is 14.8 Å². The number of ether oxygens (including phenoxy) is 2. The maximum Gasteiger partial charge on any atom is 0.163 e. The van der Waals surface area contributed by atoms with Gasteiger partial charge in [-0.15, -0.1) is 0 Å². The predicted octanol–water partition coefficient (Wildman–Crippen LogP) is 4.85. The number of hydrogen-bond acceptors (Lipinski definition) is 7. The third-order valence-electron chi connectivity index (χ3n) is 4.35. The first-order valence-electron chi connectivity index (χ1n) is 8.84. The Labute approximate surface area is 176 Å². The monoisotopic (exact) mass is 426 g/mol. The highest BCUT2D eigenvalue weighted by atomic mass is 35.5. The molecule has 9 heteroatoms. The number of benzene rings is 2. The van der Waals surface area contributed by atoms with Crippen LogP contribution in [0.4, 0.5) is 15.9 Å². The number of phenols is 1.